The molecule has 15 heteroatoms. The number of likely N-dealkylation sites (tertiary alicyclic amines) is 3. The summed E-state index contributed by atoms with van der Waals surface area (Å²) in [6.45, 7) is 19.3. The van der Waals surface area contributed by atoms with E-state index in [0.29, 0.717) is 83.6 Å². The number of carbonyl (C=O) groups is 6. The fourth-order valence-corrected chi connectivity index (χ4v) is 8.83. The number of hydrogen-bond acceptors (Lipinski definition) is 9. The van der Waals surface area contributed by atoms with Gasteiger partial charge < -0.3 is 28.9 Å². The Morgan fingerprint density at radius 2 is 0.912 bits per heavy atom. The number of Topliss-reactive ketones (excluding diaryl/α,β-unsaturated/α-hetero) is 3. The Kier molecular flexibility index (Phi) is 13.9. The highest BCUT2D eigenvalue weighted by Gasteiger charge is 2.59. The Morgan fingerprint density at radius 1 is 0.544 bits per heavy atom. The molecular weight excluding hydrogens is 747 g/mol. The molecule has 3 saturated heterocycles. The first kappa shape index (κ1) is 46.3. The molecule has 1 atom stereocenters. The Morgan fingerprint density at radius 3 is 1.19 bits per heavy atom. The van der Waals surface area contributed by atoms with Gasteiger partial charge >= 0.3 is 24.2 Å². The minimum atomic E-state index is -3.19. The summed E-state index contributed by atoms with van der Waals surface area (Å²) in [6.07, 6.45) is 4.60. The minimum absolute atomic E-state index is 0.113. The van der Waals surface area contributed by atoms with Crippen molar-refractivity contribution in [2.24, 2.45) is 16.2 Å². The van der Waals surface area contributed by atoms with E-state index in [1.807, 2.05) is 41.5 Å². The average Bonchev–Trinajstić information content (AvgIpc) is 3.66. The molecule has 0 aromatic heterocycles. The Hall–Kier alpha value is -3.39. The van der Waals surface area contributed by atoms with Gasteiger partial charge in [-0.3, -0.25) is 14.4 Å². The zero-order valence-corrected chi connectivity index (χ0v) is 35.7. The molecule has 6 rings (SSSR count). The number of hydrogen-bond donors (Lipinski definition) is 0. The molecule has 0 aromatic carbocycles. The van der Waals surface area contributed by atoms with Gasteiger partial charge in [-0.1, -0.05) is 0 Å². The minimum Gasteiger partial charge on any atom is -0.444 e. The number of nitrogens with zero attached hydrogens (tertiary/aromatic N) is 3. The van der Waals surface area contributed by atoms with Crippen LogP contribution in [-0.4, -0.2) is 118 Å². The molecule has 12 nitrogen and oxygen atoms in total. The van der Waals surface area contributed by atoms with Crippen LogP contribution in [0.5, 0.6) is 0 Å². The van der Waals surface area contributed by atoms with Crippen LogP contribution in [0.15, 0.2) is 0 Å². The van der Waals surface area contributed by atoms with E-state index in [9.17, 15) is 41.9 Å². The zero-order valence-electron chi connectivity index (χ0n) is 35.7. The van der Waals surface area contributed by atoms with E-state index in [-0.39, 0.29) is 36.2 Å². The third kappa shape index (κ3) is 11.6. The quantitative estimate of drug-likeness (QED) is 0.221. The third-order valence-corrected chi connectivity index (χ3v) is 12.2. The Balaban J connectivity index is 0.000000190. The van der Waals surface area contributed by atoms with Crippen LogP contribution >= 0.6 is 0 Å². The molecule has 6 aliphatic rings. The SMILES string of the molecule is CC(C)(C)OC(=O)N1CCC2(CC1)CCC(F)(F)C2=O.CC(C)(C)OC(=O)N1CCC2(CCC(F)C2=O)CC1.CC(C)(C)OC(=O)N1CCC2(CCCC2=O)CC1. The predicted molar refractivity (Wildman–Crippen MR) is 206 cm³/mol. The van der Waals surface area contributed by atoms with Crippen molar-refractivity contribution in [1.82, 2.24) is 14.7 Å². The van der Waals surface area contributed by atoms with Crippen LogP contribution in [-0.2, 0) is 28.6 Å². The van der Waals surface area contributed by atoms with E-state index in [1.165, 1.54) is 4.90 Å². The van der Waals surface area contributed by atoms with Crippen LogP contribution in [0.2, 0.25) is 0 Å². The van der Waals surface area contributed by atoms with Crippen molar-refractivity contribution in [3.05, 3.63) is 0 Å². The average molecular weight is 814 g/mol. The standard InChI is InChI=1S/C14H21F2NO3.C14H22FNO3.C14H23NO3/c1-12(2,3)20-11(19)17-8-6-13(7-9-17)4-5-14(15,16)10(13)18;1-13(2,3)19-12(18)16-8-6-14(7-9-16)5-4-10(15)11(14)17;1-13(2,3)18-12(17)15-9-7-14(8-10-15)6-4-5-11(14)16/h4-9H2,1-3H3;10H,4-9H2,1-3H3;4-10H2,1-3H3. The molecule has 3 amide bonds. The van der Waals surface area contributed by atoms with Crippen molar-refractivity contribution in [3.63, 3.8) is 0 Å². The summed E-state index contributed by atoms with van der Waals surface area (Å²) in [5.74, 6) is -3.97. The molecule has 3 saturated carbocycles. The highest BCUT2D eigenvalue weighted by atomic mass is 19.3. The lowest BCUT2D eigenvalue weighted by molar-refractivity contribution is -0.147. The highest BCUT2D eigenvalue weighted by Crippen LogP contribution is 2.50. The second-order valence-corrected chi connectivity index (χ2v) is 19.9. The molecular formula is C42H66F3N3O9. The lowest BCUT2D eigenvalue weighted by atomic mass is 9.76. The molecule has 3 spiro atoms. The largest absolute Gasteiger partial charge is 0.444 e. The van der Waals surface area contributed by atoms with Crippen molar-refractivity contribution in [2.75, 3.05) is 39.3 Å². The first-order chi connectivity index (χ1) is 26.1. The molecule has 0 bridgehead atoms. The molecule has 57 heavy (non-hydrogen) atoms. The maximum absolute atomic E-state index is 13.4. The van der Waals surface area contributed by atoms with Gasteiger partial charge in [0.1, 0.15) is 22.6 Å². The fourth-order valence-electron chi connectivity index (χ4n) is 8.83. The van der Waals surface area contributed by atoms with Crippen molar-refractivity contribution in [3.8, 4) is 0 Å². The second-order valence-electron chi connectivity index (χ2n) is 19.9. The Bertz CT molecular complexity index is 1510. The van der Waals surface area contributed by atoms with Crippen molar-refractivity contribution >= 4 is 35.6 Å². The van der Waals surface area contributed by atoms with Crippen LogP contribution in [0.3, 0.4) is 0 Å². The van der Waals surface area contributed by atoms with Crippen LogP contribution in [0.1, 0.15) is 146 Å². The van der Waals surface area contributed by atoms with Crippen molar-refractivity contribution < 1.29 is 56.1 Å². The van der Waals surface area contributed by atoms with Crippen LogP contribution in [0.4, 0.5) is 27.6 Å². The fraction of sp³-hybridized carbons (Fsp3) is 0.857. The van der Waals surface area contributed by atoms with Crippen LogP contribution < -0.4 is 0 Å². The summed E-state index contributed by atoms with van der Waals surface area (Å²) in [7, 11) is 0. The van der Waals surface area contributed by atoms with E-state index in [1.54, 1.807) is 30.6 Å². The number of piperidine rings is 3. The number of rotatable bonds is 0. The van der Waals surface area contributed by atoms with Crippen molar-refractivity contribution in [1.29, 1.82) is 0 Å². The van der Waals surface area contributed by atoms with E-state index >= 15 is 0 Å². The number of ketones is 3. The summed E-state index contributed by atoms with van der Waals surface area (Å²) >= 11 is 0. The first-order valence-electron chi connectivity index (χ1n) is 20.7. The lowest BCUT2D eigenvalue weighted by Gasteiger charge is -2.38. The second kappa shape index (κ2) is 17.1. The monoisotopic (exact) mass is 813 g/mol. The van der Waals surface area contributed by atoms with Crippen LogP contribution in [0.25, 0.3) is 0 Å². The van der Waals surface area contributed by atoms with Gasteiger partial charge in [0.15, 0.2) is 12.0 Å². The van der Waals surface area contributed by atoms with Gasteiger partial charge in [0, 0.05) is 68.4 Å². The lowest BCUT2D eigenvalue weighted by Crippen LogP contribution is -2.48. The highest BCUT2D eigenvalue weighted by molar-refractivity contribution is 5.93. The number of halogens is 3. The number of carbonyl (C=O) groups excluding carboxylic acids is 6. The van der Waals surface area contributed by atoms with Gasteiger partial charge in [-0.15, -0.1) is 0 Å². The molecule has 3 aliphatic carbocycles. The molecule has 324 valence electrons. The molecule has 0 aromatic rings. The first-order valence-corrected chi connectivity index (χ1v) is 20.7. The number of ether oxygens (including phenoxy) is 3. The normalized spacial score (nSPS) is 25.2. The number of amides is 3. The van der Waals surface area contributed by atoms with Gasteiger partial charge in [0.2, 0.25) is 5.78 Å². The molecule has 0 radical (unpaired) electrons. The van der Waals surface area contributed by atoms with E-state index in [4.69, 9.17) is 14.2 Å². The molecule has 3 heterocycles. The predicted octanol–water partition coefficient (Wildman–Crippen LogP) is 8.46. The zero-order chi connectivity index (χ0) is 42.8. The summed E-state index contributed by atoms with van der Waals surface area (Å²) in [6, 6.07) is 0. The van der Waals surface area contributed by atoms with Gasteiger partial charge in [-0.25, -0.2) is 18.8 Å². The molecule has 1 unspecified atom stereocenters. The maximum Gasteiger partial charge on any atom is 0.410 e. The summed E-state index contributed by atoms with van der Waals surface area (Å²) in [5, 5.41) is 0. The van der Waals surface area contributed by atoms with Crippen LogP contribution in [0, 0.1) is 16.2 Å². The van der Waals surface area contributed by atoms with E-state index in [2.05, 4.69) is 0 Å². The number of alkyl halides is 3. The topological polar surface area (TPSA) is 140 Å². The van der Waals surface area contributed by atoms with E-state index < -0.39 is 51.6 Å². The van der Waals surface area contributed by atoms with Gasteiger partial charge in [-0.05, 0) is 133 Å². The summed E-state index contributed by atoms with van der Waals surface area (Å²) in [5.41, 5.74) is -3.10. The summed E-state index contributed by atoms with van der Waals surface area (Å²) < 4.78 is 56.1. The third-order valence-electron chi connectivity index (χ3n) is 12.2. The van der Waals surface area contributed by atoms with Gasteiger partial charge in [0.25, 0.3) is 0 Å². The molecule has 6 fully saturated rings. The summed E-state index contributed by atoms with van der Waals surface area (Å²) in [4.78, 5) is 76.2. The molecule has 0 N–H and O–H groups in total. The van der Waals surface area contributed by atoms with Gasteiger partial charge in [-0.2, -0.15) is 8.78 Å². The Labute approximate surface area is 336 Å². The van der Waals surface area contributed by atoms with E-state index in [0.717, 1.165) is 32.1 Å². The molecule has 3 aliphatic heterocycles. The van der Waals surface area contributed by atoms with Gasteiger partial charge in [0.05, 0.1) is 0 Å². The maximum atomic E-state index is 13.4. The smallest absolute Gasteiger partial charge is 0.410 e. The van der Waals surface area contributed by atoms with Crippen molar-refractivity contribution in [2.45, 2.75) is 175 Å².